The third-order valence-electron chi connectivity index (χ3n) is 6.26. The molecule has 1 spiro atoms. The molecule has 0 atom stereocenters. The molecule has 3 heterocycles. The van der Waals surface area contributed by atoms with Crippen molar-refractivity contribution in [3.05, 3.63) is 41.7 Å². The van der Waals surface area contributed by atoms with Crippen LogP contribution in [0.1, 0.15) is 51.2 Å². The molecule has 0 radical (unpaired) electrons. The van der Waals surface area contributed by atoms with Gasteiger partial charge in [-0.3, -0.25) is 4.90 Å². The number of fused-ring (bicyclic) bond motifs is 1. The molecule has 0 bridgehead atoms. The summed E-state index contributed by atoms with van der Waals surface area (Å²) >= 11 is 1.58. The molecule has 1 aromatic heterocycles. The van der Waals surface area contributed by atoms with Crippen molar-refractivity contribution in [2.45, 2.75) is 63.3 Å². The topological polar surface area (TPSA) is 62.0 Å². The van der Waals surface area contributed by atoms with Crippen molar-refractivity contribution in [3.8, 4) is 23.2 Å². The minimum atomic E-state index is -0.00446. The maximum atomic E-state index is 8.64. The van der Waals surface area contributed by atoms with Gasteiger partial charge in [0.25, 0.3) is 0 Å². The van der Waals surface area contributed by atoms with E-state index in [4.69, 9.17) is 10.00 Å². The highest BCUT2D eigenvalue weighted by atomic mass is 32.2. The van der Waals surface area contributed by atoms with Crippen LogP contribution in [0.4, 0.5) is 0 Å². The van der Waals surface area contributed by atoms with Crippen LogP contribution in [0, 0.1) is 11.3 Å². The van der Waals surface area contributed by atoms with Gasteiger partial charge in [0, 0.05) is 42.3 Å². The summed E-state index contributed by atoms with van der Waals surface area (Å²) in [6, 6.07) is 8.50. The van der Waals surface area contributed by atoms with E-state index in [0.717, 1.165) is 67.2 Å². The first-order valence-corrected chi connectivity index (χ1v) is 11.9. The minimum absolute atomic E-state index is 0.00446. The Labute approximate surface area is 183 Å². The number of thioether (sulfide) groups is 1. The highest BCUT2D eigenvalue weighted by molar-refractivity contribution is 7.98. The van der Waals surface area contributed by atoms with Gasteiger partial charge in [0.05, 0.1) is 11.8 Å². The van der Waals surface area contributed by atoms with Crippen LogP contribution in [0.5, 0.6) is 5.75 Å². The predicted molar refractivity (Wildman–Crippen MR) is 121 cm³/mol. The largest absolute Gasteiger partial charge is 0.487 e. The standard InChI is InChI=1S/C24H30N4OS/c1-23(2,3)28-11-8-24(9-12-28)7-6-19-14-20(4-5-21(19)29-24)22-26-15-18(16-27-22)17-30-13-10-25/h4-5,14-16H,6-9,11-13,17H2,1-3H3. The van der Waals surface area contributed by atoms with E-state index in [1.807, 2.05) is 12.4 Å². The Morgan fingerprint density at radius 2 is 1.90 bits per heavy atom. The molecular formula is C24H30N4OS. The number of hydrogen-bond acceptors (Lipinski definition) is 6. The lowest BCUT2D eigenvalue weighted by Gasteiger charge is -2.48. The molecule has 0 aliphatic carbocycles. The number of aromatic nitrogens is 2. The van der Waals surface area contributed by atoms with Gasteiger partial charge in [0.15, 0.2) is 5.82 Å². The van der Waals surface area contributed by atoms with E-state index in [1.54, 1.807) is 11.8 Å². The molecule has 0 unspecified atom stereocenters. The number of benzene rings is 1. The number of nitrogens with zero attached hydrogens (tertiary/aromatic N) is 4. The van der Waals surface area contributed by atoms with E-state index < -0.39 is 0 Å². The molecule has 30 heavy (non-hydrogen) atoms. The number of ether oxygens (including phenoxy) is 1. The summed E-state index contributed by atoms with van der Waals surface area (Å²) in [5.41, 5.74) is 3.56. The molecule has 5 nitrogen and oxygen atoms in total. The Kier molecular flexibility index (Phi) is 6.04. The molecule has 6 heteroatoms. The van der Waals surface area contributed by atoms with Crippen LogP contribution in [0.15, 0.2) is 30.6 Å². The van der Waals surface area contributed by atoms with E-state index in [9.17, 15) is 0 Å². The van der Waals surface area contributed by atoms with Crippen molar-refractivity contribution in [1.29, 1.82) is 5.26 Å². The first kappa shape index (κ1) is 21.1. The van der Waals surface area contributed by atoms with Gasteiger partial charge in [-0.1, -0.05) is 0 Å². The van der Waals surface area contributed by atoms with Crippen LogP contribution in [0.3, 0.4) is 0 Å². The lowest BCUT2D eigenvalue weighted by Crippen LogP contribution is -2.54. The lowest BCUT2D eigenvalue weighted by molar-refractivity contribution is -0.0355. The third kappa shape index (κ3) is 4.63. The van der Waals surface area contributed by atoms with Crippen LogP contribution < -0.4 is 4.74 Å². The highest BCUT2D eigenvalue weighted by Crippen LogP contribution is 2.41. The van der Waals surface area contributed by atoms with E-state index in [2.05, 4.69) is 59.9 Å². The van der Waals surface area contributed by atoms with E-state index >= 15 is 0 Å². The second-order valence-corrected chi connectivity index (χ2v) is 10.3. The second kappa shape index (κ2) is 8.56. The fraction of sp³-hybridized carbons (Fsp3) is 0.542. The Morgan fingerprint density at radius 1 is 1.17 bits per heavy atom. The van der Waals surface area contributed by atoms with Crippen LogP contribution in [0.2, 0.25) is 0 Å². The van der Waals surface area contributed by atoms with Crippen LogP contribution in [-0.4, -0.2) is 44.9 Å². The van der Waals surface area contributed by atoms with Gasteiger partial charge in [-0.15, -0.1) is 11.8 Å². The number of hydrogen-bond donors (Lipinski definition) is 0. The summed E-state index contributed by atoms with van der Waals surface area (Å²) in [4.78, 5) is 11.6. The maximum Gasteiger partial charge on any atom is 0.159 e. The molecule has 2 aliphatic heterocycles. The van der Waals surface area contributed by atoms with Crippen molar-refractivity contribution in [3.63, 3.8) is 0 Å². The minimum Gasteiger partial charge on any atom is -0.487 e. The zero-order chi connectivity index (χ0) is 21.2. The van der Waals surface area contributed by atoms with Gasteiger partial charge in [0.1, 0.15) is 11.4 Å². The fourth-order valence-electron chi connectivity index (χ4n) is 4.39. The maximum absolute atomic E-state index is 8.64. The smallest absolute Gasteiger partial charge is 0.159 e. The Morgan fingerprint density at radius 3 is 2.57 bits per heavy atom. The van der Waals surface area contributed by atoms with Crippen molar-refractivity contribution >= 4 is 11.8 Å². The molecule has 1 saturated heterocycles. The zero-order valence-electron chi connectivity index (χ0n) is 18.1. The zero-order valence-corrected chi connectivity index (χ0v) is 19.0. The first-order valence-electron chi connectivity index (χ1n) is 10.7. The number of rotatable bonds is 4. The average Bonchev–Trinajstić information content (AvgIpc) is 2.74. The normalized spacial score (nSPS) is 18.5. The summed E-state index contributed by atoms with van der Waals surface area (Å²) in [6.07, 6.45) is 8.04. The van der Waals surface area contributed by atoms with Crippen LogP contribution >= 0.6 is 11.8 Å². The van der Waals surface area contributed by atoms with Crippen molar-refractivity contribution in [1.82, 2.24) is 14.9 Å². The summed E-state index contributed by atoms with van der Waals surface area (Å²) in [5, 5.41) is 8.64. The quantitative estimate of drug-likeness (QED) is 0.656. The number of likely N-dealkylation sites (tertiary alicyclic amines) is 1. The molecule has 2 aliphatic rings. The van der Waals surface area contributed by atoms with Crippen molar-refractivity contribution in [2.75, 3.05) is 18.8 Å². The molecular weight excluding hydrogens is 392 g/mol. The van der Waals surface area contributed by atoms with Gasteiger partial charge >= 0.3 is 0 Å². The van der Waals surface area contributed by atoms with Crippen LogP contribution in [0.25, 0.3) is 11.4 Å². The van der Waals surface area contributed by atoms with Gasteiger partial charge < -0.3 is 4.74 Å². The lowest BCUT2D eigenvalue weighted by atomic mass is 9.81. The first-order chi connectivity index (χ1) is 14.4. The van der Waals surface area contributed by atoms with E-state index in [-0.39, 0.29) is 11.1 Å². The molecule has 1 aromatic carbocycles. The van der Waals surface area contributed by atoms with Crippen LogP contribution in [-0.2, 0) is 12.2 Å². The predicted octanol–water partition coefficient (Wildman–Crippen LogP) is 4.86. The van der Waals surface area contributed by atoms with Gasteiger partial charge in [-0.25, -0.2) is 9.97 Å². The molecule has 0 amide bonds. The Hall–Kier alpha value is -2.10. The fourth-order valence-corrected chi connectivity index (χ4v) is 4.97. The third-order valence-corrected chi connectivity index (χ3v) is 7.13. The SMILES string of the molecule is CC(C)(C)N1CCC2(CCc3cc(-c4ncc(CSCC#N)cn4)ccc3O2)CC1. The molecule has 0 saturated carbocycles. The summed E-state index contributed by atoms with van der Waals surface area (Å²) in [7, 11) is 0. The van der Waals surface area contributed by atoms with E-state index in [0.29, 0.717) is 5.75 Å². The number of nitriles is 1. The molecule has 0 N–H and O–H groups in total. The van der Waals surface area contributed by atoms with Gasteiger partial charge in [-0.05, 0) is 75.8 Å². The monoisotopic (exact) mass is 422 g/mol. The number of aryl methyl sites for hydroxylation is 1. The van der Waals surface area contributed by atoms with Crippen molar-refractivity contribution in [2.24, 2.45) is 0 Å². The molecule has 1 fully saturated rings. The summed E-state index contributed by atoms with van der Waals surface area (Å²) in [6.45, 7) is 9.09. The number of piperidine rings is 1. The average molecular weight is 423 g/mol. The molecule has 2 aromatic rings. The summed E-state index contributed by atoms with van der Waals surface area (Å²) < 4.78 is 6.59. The van der Waals surface area contributed by atoms with Gasteiger partial charge in [-0.2, -0.15) is 5.26 Å². The van der Waals surface area contributed by atoms with E-state index in [1.165, 1.54) is 5.56 Å². The molecule has 158 valence electrons. The van der Waals surface area contributed by atoms with Gasteiger partial charge in [0.2, 0.25) is 0 Å². The molecule has 4 rings (SSSR count). The van der Waals surface area contributed by atoms with Crippen molar-refractivity contribution < 1.29 is 4.74 Å². The second-order valence-electron chi connectivity index (χ2n) is 9.33. The summed E-state index contributed by atoms with van der Waals surface area (Å²) in [5.74, 6) is 3.02. The Bertz CT molecular complexity index is 922. The highest BCUT2D eigenvalue weighted by Gasteiger charge is 2.41. The Balaban J connectivity index is 1.43.